The van der Waals surface area contributed by atoms with Gasteiger partial charge in [0.2, 0.25) is 0 Å². The van der Waals surface area contributed by atoms with Crippen LogP contribution in [0.2, 0.25) is 0 Å². The minimum Gasteiger partial charge on any atom is -0.495 e. The van der Waals surface area contributed by atoms with Crippen LogP contribution in [0.1, 0.15) is 22.8 Å². The number of methoxy groups -OCH3 is 1. The number of halogens is 1. The molecular weight excluding hydrogens is 482 g/mol. The number of sulfonamides is 1. The van der Waals surface area contributed by atoms with E-state index in [1.165, 1.54) is 31.4 Å². The Kier molecular flexibility index (Phi) is 7.09. The molecule has 0 aromatic heterocycles. The molecule has 1 amide bonds. The Hall–Kier alpha value is -3.17. The fraction of sp³-hybridized carbons (Fsp3) is 0.0909. The van der Waals surface area contributed by atoms with E-state index in [-0.39, 0.29) is 10.5 Å². The number of hydrazone groups is 1. The van der Waals surface area contributed by atoms with Gasteiger partial charge in [-0.2, -0.15) is 5.10 Å². The van der Waals surface area contributed by atoms with Gasteiger partial charge in [-0.05, 0) is 55.0 Å². The molecule has 3 aromatic rings. The third kappa shape index (κ3) is 5.71. The van der Waals surface area contributed by atoms with Crippen LogP contribution in [0.15, 0.2) is 87.3 Å². The lowest BCUT2D eigenvalue weighted by Crippen LogP contribution is -2.20. The number of benzene rings is 3. The molecule has 0 saturated carbocycles. The number of ether oxygens (including phenoxy) is 1. The first-order chi connectivity index (χ1) is 14.8. The fourth-order valence-corrected chi connectivity index (χ4v) is 4.07. The predicted molar refractivity (Wildman–Crippen MR) is 124 cm³/mol. The molecule has 0 radical (unpaired) electrons. The second-order valence-electron chi connectivity index (χ2n) is 6.48. The van der Waals surface area contributed by atoms with Crippen LogP contribution >= 0.6 is 15.9 Å². The van der Waals surface area contributed by atoms with Crippen molar-refractivity contribution in [1.29, 1.82) is 0 Å². The number of hydrogen-bond acceptors (Lipinski definition) is 5. The van der Waals surface area contributed by atoms with Gasteiger partial charge in [-0.1, -0.05) is 46.3 Å². The molecule has 0 fully saturated rings. The maximum atomic E-state index is 12.8. The highest BCUT2D eigenvalue weighted by molar-refractivity contribution is 9.10. The summed E-state index contributed by atoms with van der Waals surface area (Å²) in [5.41, 5.74) is 4.38. The average molecular weight is 502 g/mol. The van der Waals surface area contributed by atoms with Crippen LogP contribution in [0.4, 0.5) is 5.69 Å². The van der Waals surface area contributed by atoms with Gasteiger partial charge in [0.1, 0.15) is 5.75 Å². The third-order valence-corrected chi connectivity index (χ3v) is 6.24. The highest BCUT2D eigenvalue weighted by atomic mass is 79.9. The van der Waals surface area contributed by atoms with Crippen LogP contribution < -0.4 is 14.9 Å². The molecule has 3 aromatic carbocycles. The number of para-hydroxylation sites is 2. The van der Waals surface area contributed by atoms with E-state index in [0.717, 1.165) is 10.0 Å². The summed E-state index contributed by atoms with van der Waals surface area (Å²) in [4.78, 5) is 12.5. The van der Waals surface area contributed by atoms with Crippen molar-refractivity contribution < 1.29 is 17.9 Å². The van der Waals surface area contributed by atoms with Gasteiger partial charge in [0, 0.05) is 10.0 Å². The number of rotatable bonds is 7. The molecule has 0 bridgehead atoms. The molecule has 2 N–H and O–H groups in total. The second kappa shape index (κ2) is 9.76. The van der Waals surface area contributed by atoms with E-state index in [1.54, 1.807) is 31.2 Å². The number of anilines is 1. The van der Waals surface area contributed by atoms with Gasteiger partial charge in [-0.3, -0.25) is 9.52 Å². The molecule has 0 spiro atoms. The van der Waals surface area contributed by atoms with Crippen molar-refractivity contribution in [1.82, 2.24) is 5.43 Å². The number of nitrogens with zero attached hydrogens (tertiary/aromatic N) is 1. The molecule has 0 unspecified atom stereocenters. The molecule has 0 aliphatic carbocycles. The molecule has 31 heavy (non-hydrogen) atoms. The first-order valence-electron chi connectivity index (χ1n) is 9.16. The molecule has 0 aliphatic heterocycles. The monoisotopic (exact) mass is 501 g/mol. The van der Waals surface area contributed by atoms with Gasteiger partial charge in [0.05, 0.1) is 23.4 Å². The Balaban J connectivity index is 1.78. The molecule has 160 valence electrons. The summed E-state index contributed by atoms with van der Waals surface area (Å²) < 4.78 is 34.2. The van der Waals surface area contributed by atoms with Crippen molar-refractivity contribution in [3.8, 4) is 5.75 Å². The summed E-state index contributed by atoms with van der Waals surface area (Å²) in [7, 11) is -2.48. The van der Waals surface area contributed by atoms with Gasteiger partial charge >= 0.3 is 0 Å². The maximum absolute atomic E-state index is 12.8. The summed E-state index contributed by atoms with van der Waals surface area (Å²) >= 11 is 3.37. The van der Waals surface area contributed by atoms with Gasteiger partial charge in [0.25, 0.3) is 15.9 Å². The standard InChI is InChI=1S/C22H20BrN3O4S/c1-15(16-10-12-18(23)13-11-16)24-25-22(27)17-6-5-7-19(14-17)31(28,29)26-20-8-3-4-9-21(20)30-2/h3-14,26H,1-2H3,(H,25,27)/b24-15+. The van der Waals surface area contributed by atoms with E-state index in [9.17, 15) is 13.2 Å². The van der Waals surface area contributed by atoms with Gasteiger partial charge in [-0.25, -0.2) is 13.8 Å². The topological polar surface area (TPSA) is 96.9 Å². The molecule has 9 heteroatoms. The van der Waals surface area contributed by atoms with Crippen LogP contribution in [-0.4, -0.2) is 27.1 Å². The summed E-state index contributed by atoms with van der Waals surface area (Å²) in [5, 5.41) is 4.10. The largest absolute Gasteiger partial charge is 0.495 e. The predicted octanol–water partition coefficient (Wildman–Crippen LogP) is 4.41. The van der Waals surface area contributed by atoms with Gasteiger partial charge in [0.15, 0.2) is 0 Å². The number of amides is 1. The lowest BCUT2D eigenvalue weighted by molar-refractivity contribution is 0.0954. The molecule has 0 aliphatic rings. The van der Waals surface area contributed by atoms with Crippen molar-refractivity contribution in [3.05, 3.63) is 88.4 Å². The highest BCUT2D eigenvalue weighted by Crippen LogP contribution is 2.26. The van der Waals surface area contributed by atoms with Crippen molar-refractivity contribution >= 4 is 43.3 Å². The summed E-state index contributed by atoms with van der Waals surface area (Å²) in [5.74, 6) is -0.136. The summed E-state index contributed by atoms with van der Waals surface area (Å²) in [6, 6.07) is 19.9. The number of carbonyl (C=O) groups is 1. The van der Waals surface area contributed by atoms with E-state index in [4.69, 9.17) is 4.74 Å². The minimum atomic E-state index is -3.93. The van der Waals surface area contributed by atoms with Crippen LogP contribution in [0.5, 0.6) is 5.75 Å². The highest BCUT2D eigenvalue weighted by Gasteiger charge is 2.18. The minimum absolute atomic E-state index is 0.0559. The van der Waals surface area contributed by atoms with Crippen molar-refractivity contribution in [2.24, 2.45) is 5.10 Å². The maximum Gasteiger partial charge on any atom is 0.271 e. The van der Waals surface area contributed by atoms with Gasteiger partial charge in [-0.15, -0.1) is 0 Å². The SMILES string of the molecule is COc1ccccc1NS(=O)(=O)c1cccc(C(=O)N/N=C(\C)c2ccc(Br)cc2)c1. The van der Waals surface area contributed by atoms with E-state index in [1.807, 2.05) is 24.3 Å². The first kappa shape index (κ1) is 22.5. The number of nitrogens with one attached hydrogen (secondary N) is 2. The Bertz CT molecular complexity index is 1230. The lowest BCUT2D eigenvalue weighted by Gasteiger charge is -2.12. The van der Waals surface area contributed by atoms with E-state index in [0.29, 0.717) is 17.1 Å². The lowest BCUT2D eigenvalue weighted by atomic mass is 10.1. The molecule has 7 nitrogen and oxygen atoms in total. The molecule has 3 rings (SSSR count). The Morgan fingerprint density at radius 2 is 1.68 bits per heavy atom. The third-order valence-electron chi connectivity index (χ3n) is 4.34. The summed E-state index contributed by atoms with van der Waals surface area (Å²) in [6.07, 6.45) is 0. The van der Waals surface area contributed by atoms with Crippen LogP contribution in [-0.2, 0) is 10.0 Å². The zero-order chi connectivity index (χ0) is 22.4. The Morgan fingerprint density at radius 1 is 0.968 bits per heavy atom. The van der Waals surface area contributed by atoms with Crippen molar-refractivity contribution in [2.45, 2.75) is 11.8 Å². The molecular formula is C22H20BrN3O4S. The quantitative estimate of drug-likeness (QED) is 0.370. The number of hydrogen-bond donors (Lipinski definition) is 2. The fourth-order valence-electron chi connectivity index (χ4n) is 2.69. The van der Waals surface area contributed by atoms with E-state index < -0.39 is 15.9 Å². The van der Waals surface area contributed by atoms with E-state index >= 15 is 0 Å². The van der Waals surface area contributed by atoms with Crippen LogP contribution in [0.25, 0.3) is 0 Å². The Labute approximate surface area is 189 Å². The van der Waals surface area contributed by atoms with Crippen molar-refractivity contribution in [3.63, 3.8) is 0 Å². The van der Waals surface area contributed by atoms with E-state index in [2.05, 4.69) is 31.2 Å². The smallest absolute Gasteiger partial charge is 0.271 e. The zero-order valence-electron chi connectivity index (χ0n) is 16.8. The molecule has 0 heterocycles. The Morgan fingerprint density at radius 3 is 2.39 bits per heavy atom. The molecule has 0 atom stereocenters. The number of carbonyl (C=O) groups excluding carboxylic acids is 1. The second-order valence-corrected chi connectivity index (χ2v) is 9.08. The molecule has 0 saturated heterocycles. The van der Waals surface area contributed by atoms with Crippen LogP contribution in [0, 0.1) is 0 Å². The average Bonchev–Trinajstić information content (AvgIpc) is 2.78. The normalized spacial score (nSPS) is 11.6. The summed E-state index contributed by atoms with van der Waals surface area (Å²) in [6.45, 7) is 1.77. The van der Waals surface area contributed by atoms with Crippen LogP contribution in [0.3, 0.4) is 0 Å². The van der Waals surface area contributed by atoms with Gasteiger partial charge < -0.3 is 4.74 Å². The van der Waals surface area contributed by atoms with Crippen molar-refractivity contribution in [2.75, 3.05) is 11.8 Å². The zero-order valence-corrected chi connectivity index (χ0v) is 19.2. The first-order valence-corrected chi connectivity index (χ1v) is 11.4.